The van der Waals surface area contributed by atoms with E-state index in [4.69, 9.17) is 47.4 Å². The summed E-state index contributed by atoms with van der Waals surface area (Å²) < 4.78 is 59.1. The SMILES string of the molecule is CC(=O)OCC1=C[C@@H]2OC(=O)C3=COC(O[C@@H]4O[C@H](CO)[C@@H](O)[C@H](O)[C@H]4O)C1C32.OC[C@H]1O[C@@H](Oc2ccccc2)[C@H](OCc2ccccc2)[C@@H](OCc2ccccc2)[C@H]1OCc1ccccc1. The van der Waals surface area contributed by atoms with Crippen LogP contribution in [-0.4, -0.2) is 131 Å². The fraction of sp³-hybridized carbons (Fsp3) is 0.412. The van der Waals surface area contributed by atoms with Crippen molar-refractivity contribution >= 4 is 11.9 Å². The van der Waals surface area contributed by atoms with Gasteiger partial charge in [-0.25, -0.2) is 4.79 Å². The molecule has 4 heterocycles. The van der Waals surface area contributed by atoms with Gasteiger partial charge in [0.25, 0.3) is 0 Å². The molecule has 0 spiro atoms. The first kappa shape index (κ1) is 48.9. The highest BCUT2D eigenvalue weighted by Gasteiger charge is 2.57. The monoisotopic (exact) mass is 940 g/mol. The Balaban J connectivity index is 0.000000192. The number of benzene rings is 4. The van der Waals surface area contributed by atoms with Gasteiger partial charge in [0.05, 0.1) is 50.8 Å². The number of aliphatic hydroxyl groups is 5. The largest absolute Gasteiger partial charge is 0.471 e. The smallest absolute Gasteiger partial charge is 0.338 e. The quantitative estimate of drug-likeness (QED) is 0.0757. The molecule has 14 atom stereocenters. The minimum absolute atomic E-state index is 0.0598. The predicted octanol–water partition coefficient (Wildman–Crippen LogP) is 3.24. The molecular weight excluding hydrogens is 885 g/mol. The number of carbonyl (C=O) groups excluding carboxylic acids is 2. The molecular formula is C51H56O17. The Kier molecular flexibility index (Phi) is 16.7. The number of esters is 2. The van der Waals surface area contributed by atoms with Crippen LogP contribution in [-0.2, 0) is 72.0 Å². The average Bonchev–Trinajstić information content (AvgIpc) is 3.89. The van der Waals surface area contributed by atoms with Crippen LogP contribution < -0.4 is 4.74 Å². The summed E-state index contributed by atoms with van der Waals surface area (Å²) in [6, 6.07) is 39.3. The van der Waals surface area contributed by atoms with Gasteiger partial charge in [0, 0.05) is 12.8 Å². The van der Waals surface area contributed by atoms with E-state index in [2.05, 4.69) is 0 Å². The molecule has 17 heteroatoms. The Morgan fingerprint density at radius 1 is 0.588 bits per heavy atom. The first-order chi connectivity index (χ1) is 33.1. The topological polar surface area (TPSA) is 228 Å². The van der Waals surface area contributed by atoms with Crippen molar-refractivity contribution in [3.8, 4) is 5.75 Å². The van der Waals surface area contributed by atoms with Crippen molar-refractivity contribution < 1.29 is 82.5 Å². The number of carbonyl (C=O) groups is 2. The third-order valence-corrected chi connectivity index (χ3v) is 12.2. The second kappa shape index (κ2) is 23.2. The maximum absolute atomic E-state index is 12.0. The highest BCUT2D eigenvalue weighted by atomic mass is 16.8. The zero-order valence-electron chi connectivity index (χ0n) is 37.2. The van der Waals surface area contributed by atoms with Crippen molar-refractivity contribution in [1.82, 2.24) is 0 Å². The number of ether oxygens (including phenoxy) is 10. The van der Waals surface area contributed by atoms with Crippen molar-refractivity contribution in [3.05, 3.63) is 162 Å². The number of rotatable bonds is 17. The standard InChI is InChI=1S/C33H34O6.C18H22O11/c34-21-29-30(35-22-25-13-5-1-6-14-25)31(36-23-26-15-7-2-8-16-26)32(37-24-27-17-9-3-10-18-27)33(39-29)38-28-19-11-4-12-20-28;1-6(20)25-4-7-2-9-12-8(16(24)27-9)5-26-17(11(7)12)29-18-15(23)14(22)13(21)10(3-19)28-18/h1-20,29-34H,21-24H2;2,5,9-15,17-19,21-23H,3-4H2,1H3/t29-,30+,31+,32-,33-;9-,10+,11?,12?,13+,14-,15+,17?,18-/m10/s1. The fourth-order valence-corrected chi connectivity index (χ4v) is 8.74. The second-order valence-electron chi connectivity index (χ2n) is 16.8. The molecule has 3 saturated heterocycles. The molecule has 362 valence electrons. The van der Waals surface area contributed by atoms with Gasteiger partial charge in [-0.2, -0.15) is 0 Å². The molecule has 4 aromatic carbocycles. The summed E-state index contributed by atoms with van der Waals surface area (Å²) in [4.78, 5) is 23.2. The number of para-hydroxylation sites is 1. The van der Waals surface area contributed by atoms with Crippen molar-refractivity contribution in [2.45, 2.75) is 101 Å². The molecule has 5 aliphatic rings. The van der Waals surface area contributed by atoms with Gasteiger partial charge in [0.1, 0.15) is 67.3 Å². The van der Waals surface area contributed by atoms with Crippen LogP contribution in [0.25, 0.3) is 0 Å². The highest BCUT2D eigenvalue weighted by molar-refractivity contribution is 5.92. The van der Waals surface area contributed by atoms with Crippen LogP contribution in [0.2, 0.25) is 0 Å². The van der Waals surface area contributed by atoms with Crippen LogP contribution in [0.5, 0.6) is 5.75 Å². The van der Waals surface area contributed by atoms with Crippen molar-refractivity contribution in [2.24, 2.45) is 11.8 Å². The summed E-state index contributed by atoms with van der Waals surface area (Å²) >= 11 is 0. The van der Waals surface area contributed by atoms with Crippen LogP contribution in [0.1, 0.15) is 23.6 Å². The Morgan fingerprint density at radius 3 is 1.68 bits per heavy atom. The van der Waals surface area contributed by atoms with Gasteiger partial charge in [-0.1, -0.05) is 109 Å². The van der Waals surface area contributed by atoms with E-state index in [0.717, 1.165) is 16.7 Å². The maximum atomic E-state index is 12.0. The fourth-order valence-electron chi connectivity index (χ4n) is 8.74. The van der Waals surface area contributed by atoms with Crippen LogP contribution in [0.4, 0.5) is 0 Å². The normalized spacial score (nSPS) is 31.5. The maximum Gasteiger partial charge on any atom is 0.338 e. The number of hydrogen-bond donors (Lipinski definition) is 5. The minimum Gasteiger partial charge on any atom is -0.471 e. The molecule has 68 heavy (non-hydrogen) atoms. The second-order valence-corrected chi connectivity index (χ2v) is 16.8. The number of aliphatic hydroxyl groups excluding tert-OH is 5. The van der Waals surface area contributed by atoms with E-state index in [9.17, 15) is 35.1 Å². The van der Waals surface area contributed by atoms with Gasteiger partial charge in [-0.05, 0) is 40.5 Å². The van der Waals surface area contributed by atoms with Gasteiger partial charge in [0.2, 0.25) is 12.6 Å². The summed E-state index contributed by atoms with van der Waals surface area (Å²) in [6.07, 6.45) is -9.36. The summed E-state index contributed by atoms with van der Waals surface area (Å²) in [5.41, 5.74) is 3.99. The Morgan fingerprint density at radius 2 is 1.12 bits per heavy atom. The van der Waals surface area contributed by atoms with E-state index in [0.29, 0.717) is 36.7 Å². The van der Waals surface area contributed by atoms with E-state index in [1.807, 2.05) is 121 Å². The van der Waals surface area contributed by atoms with Gasteiger partial charge < -0.3 is 72.9 Å². The van der Waals surface area contributed by atoms with Crippen molar-refractivity contribution in [2.75, 3.05) is 19.8 Å². The highest BCUT2D eigenvalue weighted by Crippen LogP contribution is 2.49. The van der Waals surface area contributed by atoms with Crippen LogP contribution in [0, 0.1) is 11.8 Å². The molecule has 4 aromatic rings. The molecule has 0 radical (unpaired) electrons. The molecule has 0 amide bonds. The summed E-state index contributed by atoms with van der Waals surface area (Å²) in [5, 5.41) is 49.8. The van der Waals surface area contributed by atoms with Crippen LogP contribution >= 0.6 is 0 Å². The van der Waals surface area contributed by atoms with Gasteiger partial charge in [-0.3, -0.25) is 4.79 Å². The first-order valence-electron chi connectivity index (χ1n) is 22.4. The van der Waals surface area contributed by atoms with Crippen LogP contribution in [0.15, 0.2) is 145 Å². The Bertz CT molecular complexity index is 2280. The molecule has 1 aliphatic carbocycles. The lowest BCUT2D eigenvalue weighted by Crippen LogP contribution is -2.62. The lowest BCUT2D eigenvalue weighted by molar-refractivity contribution is -0.339. The van der Waals surface area contributed by atoms with E-state index in [-0.39, 0.29) is 13.2 Å². The van der Waals surface area contributed by atoms with E-state index >= 15 is 0 Å². The lowest BCUT2D eigenvalue weighted by Gasteiger charge is -2.45. The van der Waals surface area contributed by atoms with E-state index in [1.165, 1.54) is 13.2 Å². The third kappa shape index (κ3) is 11.6. The van der Waals surface area contributed by atoms with Gasteiger partial charge in [-0.15, -0.1) is 0 Å². The van der Waals surface area contributed by atoms with Gasteiger partial charge >= 0.3 is 11.9 Å². The zero-order valence-corrected chi connectivity index (χ0v) is 37.2. The van der Waals surface area contributed by atoms with Gasteiger partial charge in [0.15, 0.2) is 6.29 Å². The molecule has 9 rings (SSSR count). The molecule has 0 bridgehead atoms. The van der Waals surface area contributed by atoms with Crippen LogP contribution in [0.3, 0.4) is 0 Å². The predicted molar refractivity (Wildman–Crippen MR) is 237 cm³/mol. The molecule has 3 unspecified atom stereocenters. The minimum atomic E-state index is -1.61. The lowest BCUT2D eigenvalue weighted by atomic mass is 9.84. The Labute approximate surface area is 392 Å². The zero-order chi connectivity index (χ0) is 47.6. The first-order valence-corrected chi connectivity index (χ1v) is 22.4. The summed E-state index contributed by atoms with van der Waals surface area (Å²) in [7, 11) is 0. The average molecular weight is 941 g/mol. The molecule has 5 N–H and O–H groups in total. The molecule has 3 fully saturated rings. The molecule has 0 saturated carbocycles. The summed E-state index contributed by atoms with van der Waals surface area (Å²) in [6.45, 7) is 1.37. The van der Waals surface area contributed by atoms with E-state index < -0.39 is 104 Å². The molecule has 0 aromatic heterocycles. The summed E-state index contributed by atoms with van der Waals surface area (Å²) in [5.74, 6) is -1.36. The van der Waals surface area contributed by atoms with Crippen molar-refractivity contribution in [3.63, 3.8) is 0 Å². The molecule has 17 nitrogen and oxygen atoms in total. The van der Waals surface area contributed by atoms with E-state index in [1.54, 1.807) is 6.08 Å². The number of hydrogen-bond acceptors (Lipinski definition) is 17. The molecule has 4 aliphatic heterocycles. The third-order valence-electron chi connectivity index (χ3n) is 12.2. The Hall–Kier alpha value is -5.54. The van der Waals surface area contributed by atoms with Crippen molar-refractivity contribution in [1.29, 1.82) is 0 Å².